The normalized spacial score (nSPS) is 24.7. The van der Waals surface area contributed by atoms with Crippen molar-refractivity contribution in [2.75, 3.05) is 37.7 Å². The van der Waals surface area contributed by atoms with Gasteiger partial charge in [-0.2, -0.15) is 0 Å². The van der Waals surface area contributed by atoms with Crippen molar-refractivity contribution in [1.29, 1.82) is 0 Å². The summed E-state index contributed by atoms with van der Waals surface area (Å²) in [5, 5.41) is 11.7. The summed E-state index contributed by atoms with van der Waals surface area (Å²) in [4.78, 5) is 24.4. The number of amides is 1. The number of ether oxygens (including phenoxy) is 1. The van der Waals surface area contributed by atoms with E-state index in [-0.39, 0.29) is 11.6 Å². The molecule has 2 aliphatic heterocycles. The second-order valence-electron chi connectivity index (χ2n) is 7.59. The minimum atomic E-state index is -1.23. The third-order valence-corrected chi connectivity index (χ3v) is 6.21. The molecule has 0 saturated carbocycles. The molecule has 3 atom stereocenters. The van der Waals surface area contributed by atoms with Crippen molar-refractivity contribution in [2.24, 2.45) is 0 Å². The third kappa shape index (κ3) is 5.21. The molecule has 1 aromatic carbocycles. The summed E-state index contributed by atoms with van der Waals surface area (Å²) in [5.74, 6) is -0.523. The third-order valence-electron chi connectivity index (χ3n) is 5.65. The number of carboxylic acid groups (broad SMARTS) is 1. The first kappa shape index (κ1) is 22.1. The summed E-state index contributed by atoms with van der Waals surface area (Å²) in [5.41, 5.74) is 0.0258. The van der Waals surface area contributed by atoms with E-state index in [2.05, 4.69) is 47.7 Å². The Morgan fingerprint density at radius 3 is 2.58 bits per heavy atom. The van der Waals surface area contributed by atoms with Crippen LogP contribution in [0, 0.1) is 15.2 Å². The molecule has 0 aliphatic carbocycles. The van der Waals surface area contributed by atoms with Gasteiger partial charge in [-0.25, -0.2) is 23.5 Å². The van der Waals surface area contributed by atoms with Gasteiger partial charge in [0.05, 0.1) is 12.6 Å². The van der Waals surface area contributed by atoms with E-state index in [9.17, 15) is 18.7 Å². The zero-order chi connectivity index (χ0) is 22.0. The highest BCUT2D eigenvalue weighted by Gasteiger charge is 2.38. The van der Waals surface area contributed by atoms with Gasteiger partial charge in [-0.1, -0.05) is 0 Å². The van der Waals surface area contributed by atoms with E-state index in [1.165, 1.54) is 0 Å². The molecule has 2 aromatic rings. The van der Waals surface area contributed by atoms with Crippen LogP contribution in [0.2, 0.25) is 0 Å². The molecule has 2 N–H and O–H groups in total. The Bertz CT molecular complexity index is 928. The van der Waals surface area contributed by atoms with E-state index >= 15 is 0 Å². The van der Waals surface area contributed by atoms with E-state index in [1.807, 2.05) is 0 Å². The van der Waals surface area contributed by atoms with Crippen molar-refractivity contribution < 1.29 is 23.4 Å². The quantitative estimate of drug-likeness (QED) is 0.572. The molecular weight excluding hydrogens is 523 g/mol. The van der Waals surface area contributed by atoms with Gasteiger partial charge >= 0.3 is 6.09 Å². The Kier molecular flexibility index (Phi) is 6.82. The summed E-state index contributed by atoms with van der Waals surface area (Å²) in [7, 11) is 0. The van der Waals surface area contributed by atoms with Crippen LogP contribution in [0.3, 0.4) is 0 Å². The fourth-order valence-electron chi connectivity index (χ4n) is 4.16. The minimum Gasteiger partial charge on any atom is -0.465 e. The zero-order valence-corrected chi connectivity index (χ0v) is 18.7. The van der Waals surface area contributed by atoms with Crippen LogP contribution in [0.4, 0.5) is 19.5 Å². The second-order valence-corrected chi connectivity index (χ2v) is 8.84. The van der Waals surface area contributed by atoms with Crippen LogP contribution in [0.25, 0.3) is 0 Å². The molecule has 166 valence electrons. The van der Waals surface area contributed by atoms with Crippen LogP contribution in [0.5, 0.6) is 0 Å². The number of carbonyl (C=O) groups is 1. The molecule has 4 rings (SSSR count). The van der Waals surface area contributed by atoms with E-state index < -0.39 is 29.9 Å². The largest absolute Gasteiger partial charge is 0.465 e. The molecule has 31 heavy (non-hydrogen) atoms. The van der Waals surface area contributed by atoms with Gasteiger partial charge in [-0.3, -0.25) is 4.90 Å². The highest BCUT2D eigenvalue weighted by Crippen LogP contribution is 2.33. The Morgan fingerprint density at radius 1 is 1.19 bits per heavy atom. The first-order chi connectivity index (χ1) is 14.9. The Hall–Kier alpha value is -2.12. The lowest BCUT2D eigenvalue weighted by molar-refractivity contribution is -0.0595. The highest BCUT2D eigenvalue weighted by molar-refractivity contribution is 14.1. The van der Waals surface area contributed by atoms with Gasteiger partial charge in [-0.15, -0.1) is 0 Å². The van der Waals surface area contributed by atoms with Gasteiger partial charge in [0.15, 0.2) is 0 Å². The number of nitrogens with zero attached hydrogens (tertiary/aromatic N) is 4. The Labute approximate surface area is 191 Å². The van der Waals surface area contributed by atoms with Crippen molar-refractivity contribution in [1.82, 2.24) is 20.2 Å². The summed E-state index contributed by atoms with van der Waals surface area (Å²) in [6.45, 7) is 3.24. The fourth-order valence-corrected chi connectivity index (χ4v) is 4.44. The minimum absolute atomic E-state index is 0.0258. The average molecular weight is 545 g/mol. The number of aromatic nitrogens is 2. The maximum Gasteiger partial charge on any atom is 0.404 e. The number of halogens is 3. The van der Waals surface area contributed by atoms with Crippen molar-refractivity contribution in [2.45, 2.75) is 24.6 Å². The topological polar surface area (TPSA) is 90.8 Å². The van der Waals surface area contributed by atoms with Gasteiger partial charge < -0.3 is 20.1 Å². The maximum atomic E-state index is 14.3. The number of benzene rings is 1. The number of rotatable bonds is 4. The van der Waals surface area contributed by atoms with Gasteiger partial charge in [0.25, 0.3) is 0 Å². The SMILES string of the molecule is O=C(O)N[C@H]1C[C@@H](N2CCN(c3ncc(I)cn3)CC2)CO[C@@H]1c1cc(F)ccc1F. The number of anilines is 1. The molecule has 0 bridgehead atoms. The summed E-state index contributed by atoms with van der Waals surface area (Å²) < 4.78 is 34.8. The lowest BCUT2D eigenvalue weighted by Gasteiger charge is -2.44. The van der Waals surface area contributed by atoms with Crippen LogP contribution in [0.1, 0.15) is 18.1 Å². The predicted molar refractivity (Wildman–Crippen MR) is 117 cm³/mol. The number of hydrogen-bond donors (Lipinski definition) is 2. The molecule has 2 aliphatic rings. The van der Waals surface area contributed by atoms with E-state index in [0.717, 1.165) is 47.9 Å². The molecule has 1 aromatic heterocycles. The molecule has 3 heterocycles. The van der Waals surface area contributed by atoms with E-state index in [1.54, 1.807) is 12.4 Å². The number of nitrogens with one attached hydrogen (secondary N) is 1. The molecule has 0 radical (unpaired) electrons. The average Bonchev–Trinajstić information content (AvgIpc) is 2.76. The van der Waals surface area contributed by atoms with Crippen LogP contribution in [-0.4, -0.2) is 70.9 Å². The van der Waals surface area contributed by atoms with Crippen molar-refractivity contribution in [3.05, 3.63) is 51.4 Å². The molecule has 0 unspecified atom stereocenters. The fraction of sp³-hybridized carbons (Fsp3) is 0.450. The highest BCUT2D eigenvalue weighted by atomic mass is 127. The molecule has 11 heteroatoms. The van der Waals surface area contributed by atoms with Gasteiger partial charge in [0, 0.05) is 53.7 Å². The van der Waals surface area contributed by atoms with Gasteiger partial charge in [-0.05, 0) is 47.2 Å². The first-order valence-electron chi connectivity index (χ1n) is 9.93. The second kappa shape index (κ2) is 9.57. The summed E-state index contributed by atoms with van der Waals surface area (Å²) in [6, 6.07) is 2.40. The van der Waals surface area contributed by atoms with Crippen LogP contribution < -0.4 is 10.2 Å². The smallest absolute Gasteiger partial charge is 0.404 e. The van der Waals surface area contributed by atoms with Gasteiger partial charge in [0.2, 0.25) is 5.95 Å². The Balaban J connectivity index is 1.42. The molecular formula is C20H22F2IN5O3. The number of hydrogen-bond acceptors (Lipinski definition) is 6. The maximum absolute atomic E-state index is 14.3. The summed E-state index contributed by atoms with van der Waals surface area (Å²) >= 11 is 2.16. The van der Waals surface area contributed by atoms with Crippen molar-refractivity contribution in [3.8, 4) is 0 Å². The molecule has 2 fully saturated rings. The van der Waals surface area contributed by atoms with Crippen molar-refractivity contribution in [3.63, 3.8) is 0 Å². The standard InChI is InChI=1S/C20H22F2IN5O3/c21-12-1-2-16(22)15(7-12)18-17(26-20(29)30)8-14(11-31-18)27-3-5-28(6-4-27)19-24-9-13(23)10-25-19/h1-2,7,9-10,14,17-18,26H,3-6,8,11H2,(H,29,30)/t14-,17+,18-/m1/s1. The van der Waals surface area contributed by atoms with Crippen molar-refractivity contribution >= 4 is 34.6 Å². The van der Waals surface area contributed by atoms with E-state index in [0.29, 0.717) is 19.0 Å². The molecule has 1 amide bonds. The zero-order valence-electron chi connectivity index (χ0n) is 16.5. The number of piperazine rings is 1. The predicted octanol–water partition coefficient (Wildman–Crippen LogP) is 2.65. The first-order valence-corrected chi connectivity index (χ1v) is 11.0. The van der Waals surface area contributed by atoms with Crippen LogP contribution in [-0.2, 0) is 4.74 Å². The molecule has 8 nitrogen and oxygen atoms in total. The molecule has 2 saturated heterocycles. The van der Waals surface area contributed by atoms with Crippen LogP contribution in [0.15, 0.2) is 30.6 Å². The van der Waals surface area contributed by atoms with Gasteiger partial charge in [0.1, 0.15) is 17.7 Å². The monoisotopic (exact) mass is 545 g/mol. The lowest BCUT2D eigenvalue weighted by Crippen LogP contribution is -2.57. The summed E-state index contributed by atoms with van der Waals surface area (Å²) in [6.07, 6.45) is 1.88. The van der Waals surface area contributed by atoms with Crippen LogP contribution >= 0.6 is 22.6 Å². The lowest BCUT2D eigenvalue weighted by atomic mass is 9.92. The Morgan fingerprint density at radius 2 is 1.90 bits per heavy atom. The van der Waals surface area contributed by atoms with E-state index in [4.69, 9.17) is 4.74 Å². The molecule has 0 spiro atoms.